The summed E-state index contributed by atoms with van der Waals surface area (Å²) >= 11 is 0. The fraction of sp³-hybridized carbons (Fsp3) is 1.00. The van der Waals surface area contributed by atoms with Gasteiger partial charge in [0.2, 0.25) is 10.0 Å². The van der Waals surface area contributed by atoms with E-state index >= 15 is 0 Å². The SMILES string of the molecule is CCNCC(C)S(=O)(=O)N(CC)C1CC1. The van der Waals surface area contributed by atoms with E-state index < -0.39 is 10.0 Å². The summed E-state index contributed by atoms with van der Waals surface area (Å²) < 4.78 is 25.9. The molecule has 0 heterocycles. The predicted octanol–water partition coefficient (Wildman–Crippen LogP) is 0.798. The topological polar surface area (TPSA) is 49.4 Å². The van der Waals surface area contributed by atoms with Gasteiger partial charge >= 0.3 is 0 Å². The maximum Gasteiger partial charge on any atom is 0.218 e. The van der Waals surface area contributed by atoms with E-state index in [0.29, 0.717) is 13.1 Å². The number of nitrogens with one attached hydrogen (secondary N) is 1. The summed E-state index contributed by atoms with van der Waals surface area (Å²) in [6.07, 6.45) is 2.06. The van der Waals surface area contributed by atoms with Crippen molar-refractivity contribution in [1.82, 2.24) is 9.62 Å². The number of hydrogen-bond donors (Lipinski definition) is 1. The van der Waals surface area contributed by atoms with Crippen LogP contribution < -0.4 is 5.32 Å². The van der Waals surface area contributed by atoms with Gasteiger partial charge in [-0.15, -0.1) is 0 Å². The molecule has 0 aromatic carbocycles. The summed E-state index contributed by atoms with van der Waals surface area (Å²) in [4.78, 5) is 0. The summed E-state index contributed by atoms with van der Waals surface area (Å²) in [6.45, 7) is 7.64. The standard InChI is InChI=1S/C10H22N2O2S/c1-4-11-8-9(3)15(13,14)12(5-2)10-6-7-10/h9-11H,4-8H2,1-3H3. The molecule has 15 heavy (non-hydrogen) atoms. The summed E-state index contributed by atoms with van der Waals surface area (Å²) in [5.41, 5.74) is 0. The van der Waals surface area contributed by atoms with Crippen LogP contribution in [0.4, 0.5) is 0 Å². The minimum atomic E-state index is -3.09. The number of hydrogen-bond acceptors (Lipinski definition) is 3. The second kappa shape index (κ2) is 5.27. The normalized spacial score (nSPS) is 19.5. The highest BCUT2D eigenvalue weighted by Gasteiger charge is 2.38. The monoisotopic (exact) mass is 234 g/mol. The first-order valence-corrected chi connectivity index (χ1v) is 7.25. The van der Waals surface area contributed by atoms with Gasteiger partial charge in [-0.25, -0.2) is 8.42 Å². The zero-order valence-corrected chi connectivity index (χ0v) is 10.7. The molecule has 0 bridgehead atoms. The summed E-state index contributed by atoms with van der Waals surface area (Å²) in [6, 6.07) is 0.282. The Morgan fingerprint density at radius 1 is 1.40 bits per heavy atom. The Labute approximate surface area is 93.1 Å². The molecule has 0 radical (unpaired) electrons. The van der Waals surface area contributed by atoms with Crippen LogP contribution in [0, 0.1) is 0 Å². The van der Waals surface area contributed by atoms with Crippen LogP contribution in [0.25, 0.3) is 0 Å². The average Bonchev–Trinajstić information content (AvgIpc) is 2.98. The lowest BCUT2D eigenvalue weighted by Crippen LogP contribution is -2.43. The maximum atomic E-state index is 12.1. The number of rotatable bonds is 7. The second-order valence-electron chi connectivity index (χ2n) is 4.10. The van der Waals surface area contributed by atoms with Crippen LogP contribution in [0.2, 0.25) is 0 Å². The van der Waals surface area contributed by atoms with E-state index in [1.165, 1.54) is 0 Å². The van der Waals surface area contributed by atoms with Crippen molar-refractivity contribution in [1.29, 1.82) is 0 Å². The zero-order chi connectivity index (χ0) is 11.5. The second-order valence-corrected chi connectivity index (χ2v) is 6.40. The van der Waals surface area contributed by atoms with Crippen LogP contribution in [0.1, 0.15) is 33.6 Å². The molecule has 1 fully saturated rings. The molecule has 1 atom stereocenters. The molecule has 5 heteroatoms. The highest BCUT2D eigenvalue weighted by Crippen LogP contribution is 2.30. The Hall–Kier alpha value is -0.130. The van der Waals surface area contributed by atoms with Crippen LogP contribution in [-0.4, -0.2) is 43.6 Å². The molecule has 1 rings (SSSR count). The van der Waals surface area contributed by atoms with Gasteiger partial charge in [0, 0.05) is 19.1 Å². The van der Waals surface area contributed by atoms with E-state index in [0.717, 1.165) is 19.4 Å². The fourth-order valence-electron chi connectivity index (χ4n) is 1.69. The fourth-order valence-corrected chi connectivity index (χ4v) is 3.47. The van der Waals surface area contributed by atoms with Crippen molar-refractivity contribution in [2.24, 2.45) is 0 Å². The molecule has 0 amide bonds. The average molecular weight is 234 g/mol. The molecule has 0 spiro atoms. The summed E-state index contributed by atoms with van der Waals surface area (Å²) in [7, 11) is -3.09. The third-order valence-corrected chi connectivity index (χ3v) is 5.18. The molecule has 1 unspecified atom stereocenters. The van der Waals surface area contributed by atoms with Crippen molar-refractivity contribution in [2.75, 3.05) is 19.6 Å². The lowest BCUT2D eigenvalue weighted by atomic mass is 10.5. The Balaban J connectivity index is 2.62. The van der Waals surface area contributed by atoms with Gasteiger partial charge in [0.05, 0.1) is 5.25 Å². The first kappa shape index (κ1) is 12.9. The van der Waals surface area contributed by atoms with Crippen molar-refractivity contribution in [3.8, 4) is 0 Å². The van der Waals surface area contributed by atoms with Crippen LogP contribution in [0.5, 0.6) is 0 Å². The number of nitrogens with zero attached hydrogens (tertiary/aromatic N) is 1. The van der Waals surface area contributed by atoms with Crippen molar-refractivity contribution in [3.63, 3.8) is 0 Å². The zero-order valence-electron chi connectivity index (χ0n) is 9.86. The van der Waals surface area contributed by atoms with E-state index in [9.17, 15) is 8.42 Å². The van der Waals surface area contributed by atoms with E-state index in [2.05, 4.69) is 5.32 Å². The molecule has 0 aromatic rings. The van der Waals surface area contributed by atoms with E-state index in [-0.39, 0.29) is 11.3 Å². The molecule has 0 aromatic heterocycles. The molecule has 0 aliphatic heterocycles. The molecule has 4 nitrogen and oxygen atoms in total. The van der Waals surface area contributed by atoms with E-state index in [4.69, 9.17) is 0 Å². The smallest absolute Gasteiger partial charge is 0.218 e. The third-order valence-electron chi connectivity index (χ3n) is 2.78. The molecule has 90 valence electrons. The summed E-state index contributed by atoms with van der Waals surface area (Å²) in [5, 5.41) is 2.77. The highest BCUT2D eigenvalue weighted by molar-refractivity contribution is 7.89. The van der Waals surface area contributed by atoms with Crippen molar-refractivity contribution in [3.05, 3.63) is 0 Å². The summed E-state index contributed by atoms with van der Waals surface area (Å²) in [5.74, 6) is 0. The molecular weight excluding hydrogens is 212 g/mol. The van der Waals surface area contributed by atoms with Gasteiger partial charge in [-0.3, -0.25) is 0 Å². The van der Waals surface area contributed by atoms with Crippen LogP contribution in [-0.2, 0) is 10.0 Å². The van der Waals surface area contributed by atoms with Gasteiger partial charge < -0.3 is 5.32 Å². The first-order chi connectivity index (χ1) is 7.04. The van der Waals surface area contributed by atoms with Crippen LogP contribution in [0.15, 0.2) is 0 Å². The minimum absolute atomic E-state index is 0.282. The molecule has 1 N–H and O–H groups in total. The Bertz CT molecular complexity index is 286. The van der Waals surface area contributed by atoms with E-state index in [1.807, 2.05) is 13.8 Å². The lowest BCUT2D eigenvalue weighted by Gasteiger charge is -2.24. The Kier molecular flexibility index (Phi) is 4.55. The minimum Gasteiger partial charge on any atom is -0.316 e. The Morgan fingerprint density at radius 3 is 2.40 bits per heavy atom. The van der Waals surface area contributed by atoms with E-state index in [1.54, 1.807) is 11.2 Å². The van der Waals surface area contributed by atoms with Crippen molar-refractivity contribution < 1.29 is 8.42 Å². The maximum absolute atomic E-state index is 12.1. The molecule has 1 aliphatic carbocycles. The van der Waals surface area contributed by atoms with Gasteiger partial charge in [-0.05, 0) is 26.3 Å². The Morgan fingerprint density at radius 2 is 2.00 bits per heavy atom. The van der Waals surface area contributed by atoms with Gasteiger partial charge in [0.25, 0.3) is 0 Å². The molecule has 1 aliphatic rings. The highest BCUT2D eigenvalue weighted by atomic mass is 32.2. The van der Waals surface area contributed by atoms with Crippen LogP contribution >= 0.6 is 0 Å². The number of sulfonamides is 1. The molecule has 0 saturated heterocycles. The van der Waals surface area contributed by atoms with Crippen molar-refractivity contribution in [2.45, 2.75) is 44.9 Å². The molecular formula is C10H22N2O2S. The molecule has 1 saturated carbocycles. The largest absolute Gasteiger partial charge is 0.316 e. The van der Waals surface area contributed by atoms with Crippen LogP contribution in [0.3, 0.4) is 0 Å². The third kappa shape index (κ3) is 3.16. The quantitative estimate of drug-likeness (QED) is 0.709. The van der Waals surface area contributed by atoms with Gasteiger partial charge in [-0.1, -0.05) is 13.8 Å². The predicted molar refractivity (Wildman–Crippen MR) is 62.3 cm³/mol. The first-order valence-electron chi connectivity index (χ1n) is 5.75. The lowest BCUT2D eigenvalue weighted by molar-refractivity contribution is 0.412. The van der Waals surface area contributed by atoms with Gasteiger partial charge in [-0.2, -0.15) is 4.31 Å². The van der Waals surface area contributed by atoms with Gasteiger partial charge in [0.15, 0.2) is 0 Å². The van der Waals surface area contributed by atoms with Gasteiger partial charge in [0.1, 0.15) is 0 Å². The van der Waals surface area contributed by atoms with Crippen molar-refractivity contribution >= 4 is 10.0 Å².